The van der Waals surface area contributed by atoms with E-state index in [2.05, 4.69) is 0 Å². The zero-order valence-corrected chi connectivity index (χ0v) is 11.2. The van der Waals surface area contributed by atoms with E-state index in [4.69, 9.17) is 20.3 Å². The Labute approximate surface area is 113 Å². The topological polar surface area (TPSA) is 81.8 Å². The molecule has 0 radical (unpaired) electrons. The number of hydrogen-bond acceptors (Lipinski definition) is 4. The van der Waals surface area contributed by atoms with Crippen LogP contribution in [0.1, 0.15) is 30.1 Å². The third kappa shape index (κ3) is 6.22. The van der Waals surface area contributed by atoms with Crippen LogP contribution in [-0.4, -0.2) is 36.9 Å². The van der Waals surface area contributed by atoms with Gasteiger partial charge < -0.3 is 20.3 Å². The van der Waals surface area contributed by atoms with Crippen molar-refractivity contribution in [2.45, 2.75) is 25.8 Å². The van der Waals surface area contributed by atoms with E-state index >= 15 is 0 Å². The van der Waals surface area contributed by atoms with Crippen LogP contribution in [0.15, 0.2) is 24.3 Å². The number of carboxylic acids is 1. The first-order chi connectivity index (χ1) is 9.13. The molecule has 0 spiro atoms. The minimum absolute atomic E-state index is 0.101. The van der Waals surface area contributed by atoms with Gasteiger partial charge in [0.1, 0.15) is 5.75 Å². The van der Waals surface area contributed by atoms with Crippen molar-refractivity contribution in [2.75, 3.05) is 19.8 Å². The summed E-state index contributed by atoms with van der Waals surface area (Å²) in [6.07, 6.45) is 1.68. The van der Waals surface area contributed by atoms with Gasteiger partial charge in [-0.3, -0.25) is 0 Å². The predicted octanol–water partition coefficient (Wildman–Crippen LogP) is 1.91. The van der Waals surface area contributed by atoms with Gasteiger partial charge in [0.05, 0.1) is 18.8 Å². The van der Waals surface area contributed by atoms with Gasteiger partial charge in [0.15, 0.2) is 0 Å². The summed E-state index contributed by atoms with van der Waals surface area (Å²) in [4.78, 5) is 10.7. The summed E-state index contributed by atoms with van der Waals surface area (Å²) >= 11 is 0. The molecule has 5 heteroatoms. The average molecular weight is 267 g/mol. The molecule has 1 atom stereocenters. The van der Waals surface area contributed by atoms with Crippen molar-refractivity contribution < 1.29 is 19.4 Å². The van der Waals surface area contributed by atoms with Crippen molar-refractivity contribution in [3.63, 3.8) is 0 Å². The van der Waals surface area contributed by atoms with Crippen LogP contribution in [0.3, 0.4) is 0 Å². The highest BCUT2D eigenvalue weighted by atomic mass is 16.5. The fraction of sp³-hybridized carbons (Fsp3) is 0.500. The zero-order valence-electron chi connectivity index (χ0n) is 11.2. The maximum atomic E-state index is 10.7. The number of aromatic carboxylic acids is 1. The number of rotatable bonds is 9. The molecule has 1 rings (SSSR count). The van der Waals surface area contributed by atoms with Gasteiger partial charge in [-0.25, -0.2) is 4.79 Å². The highest BCUT2D eigenvalue weighted by molar-refractivity contribution is 5.87. The number of benzene rings is 1. The maximum Gasteiger partial charge on any atom is 0.335 e. The first-order valence-electron chi connectivity index (χ1n) is 6.43. The fourth-order valence-corrected chi connectivity index (χ4v) is 1.40. The van der Waals surface area contributed by atoms with E-state index in [0.29, 0.717) is 25.6 Å². The summed E-state index contributed by atoms with van der Waals surface area (Å²) in [5.74, 6) is -0.275. The molecule has 106 valence electrons. The van der Waals surface area contributed by atoms with Crippen molar-refractivity contribution in [2.24, 2.45) is 5.73 Å². The molecule has 1 aromatic rings. The number of ether oxygens (including phenoxy) is 2. The van der Waals surface area contributed by atoms with E-state index in [1.807, 2.05) is 6.92 Å². The van der Waals surface area contributed by atoms with Crippen molar-refractivity contribution >= 4 is 5.97 Å². The number of carbonyl (C=O) groups is 1. The largest absolute Gasteiger partial charge is 0.494 e. The maximum absolute atomic E-state index is 10.7. The molecule has 5 nitrogen and oxygen atoms in total. The van der Waals surface area contributed by atoms with Crippen LogP contribution < -0.4 is 10.5 Å². The lowest BCUT2D eigenvalue weighted by Crippen LogP contribution is -2.25. The van der Waals surface area contributed by atoms with Gasteiger partial charge in [-0.05, 0) is 30.7 Å². The number of carboxylic acid groups (broad SMARTS) is 1. The molecular formula is C14H21NO4. The number of hydrogen-bond donors (Lipinski definition) is 2. The van der Waals surface area contributed by atoms with Crippen LogP contribution in [-0.2, 0) is 4.74 Å². The molecule has 0 aliphatic heterocycles. The minimum atomic E-state index is -0.938. The normalized spacial score (nSPS) is 12.1. The van der Waals surface area contributed by atoms with Gasteiger partial charge in [-0.15, -0.1) is 0 Å². The van der Waals surface area contributed by atoms with Gasteiger partial charge in [0, 0.05) is 19.1 Å². The lowest BCUT2D eigenvalue weighted by atomic mass is 10.2. The van der Waals surface area contributed by atoms with E-state index in [1.54, 1.807) is 12.1 Å². The summed E-state index contributed by atoms with van der Waals surface area (Å²) in [7, 11) is 0. The third-order valence-electron chi connectivity index (χ3n) is 2.66. The van der Waals surface area contributed by atoms with Crippen molar-refractivity contribution in [1.82, 2.24) is 0 Å². The van der Waals surface area contributed by atoms with Crippen LogP contribution in [0.25, 0.3) is 0 Å². The van der Waals surface area contributed by atoms with E-state index in [0.717, 1.165) is 12.8 Å². The molecule has 0 saturated carbocycles. The van der Waals surface area contributed by atoms with Crippen molar-refractivity contribution in [1.29, 1.82) is 0 Å². The Bertz CT molecular complexity index is 378. The summed E-state index contributed by atoms with van der Waals surface area (Å²) in [5.41, 5.74) is 5.97. The Kier molecular flexibility index (Phi) is 6.92. The van der Waals surface area contributed by atoms with E-state index < -0.39 is 5.97 Å². The van der Waals surface area contributed by atoms with E-state index in [1.165, 1.54) is 12.1 Å². The van der Waals surface area contributed by atoms with E-state index in [9.17, 15) is 4.79 Å². The molecule has 1 aromatic carbocycles. The Balaban J connectivity index is 2.14. The third-order valence-corrected chi connectivity index (χ3v) is 2.66. The summed E-state index contributed by atoms with van der Waals surface area (Å²) in [6, 6.07) is 6.45. The molecule has 19 heavy (non-hydrogen) atoms. The molecule has 0 fully saturated rings. The Morgan fingerprint density at radius 2 is 2.00 bits per heavy atom. The monoisotopic (exact) mass is 267 g/mol. The molecule has 3 N–H and O–H groups in total. The fourth-order valence-electron chi connectivity index (χ4n) is 1.40. The van der Waals surface area contributed by atoms with Crippen molar-refractivity contribution in [3.8, 4) is 5.75 Å². The van der Waals surface area contributed by atoms with Gasteiger partial charge >= 0.3 is 5.97 Å². The van der Waals surface area contributed by atoms with Crippen LogP contribution >= 0.6 is 0 Å². The highest BCUT2D eigenvalue weighted by Crippen LogP contribution is 2.12. The second-order valence-electron chi connectivity index (χ2n) is 4.27. The molecule has 0 amide bonds. The lowest BCUT2D eigenvalue weighted by Gasteiger charge is -2.10. The standard InChI is InChI=1S/C14H21NO4/c1-2-12(15)10-18-8-3-9-19-13-6-4-11(5-7-13)14(16)17/h4-7,12H,2-3,8-10,15H2,1H3,(H,16,17). The molecule has 0 bridgehead atoms. The number of nitrogens with two attached hydrogens (primary N) is 1. The van der Waals surface area contributed by atoms with Gasteiger partial charge in [0.2, 0.25) is 0 Å². The first kappa shape index (κ1) is 15.5. The average Bonchev–Trinajstić information content (AvgIpc) is 2.42. The molecule has 0 aliphatic rings. The summed E-state index contributed by atoms with van der Waals surface area (Å²) in [5, 5.41) is 8.75. The minimum Gasteiger partial charge on any atom is -0.494 e. The Morgan fingerprint density at radius 3 is 2.58 bits per heavy atom. The molecule has 1 unspecified atom stereocenters. The SMILES string of the molecule is CCC(N)COCCCOc1ccc(C(=O)O)cc1. The molecule has 0 saturated heterocycles. The van der Waals surface area contributed by atoms with Gasteiger partial charge in [0.25, 0.3) is 0 Å². The second-order valence-corrected chi connectivity index (χ2v) is 4.27. The van der Waals surface area contributed by atoms with Gasteiger partial charge in [-0.1, -0.05) is 6.92 Å². The Hall–Kier alpha value is -1.59. The highest BCUT2D eigenvalue weighted by Gasteiger charge is 2.02. The van der Waals surface area contributed by atoms with E-state index in [-0.39, 0.29) is 11.6 Å². The predicted molar refractivity (Wildman–Crippen MR) is 72.6 cm³/mol. The lowest BCUT2D eigenvalue weighted by molar-refractivity contribution is 0.0697. The second kappa shape index (κ2) is 8.50. The molecule has 0 aliphatic carbocycles. The molecule has 0 aromatic heterocycles. The van der Waals surface area contributed by atoms with Crippen LogP contribution in [0, 0.1) is 0 Å². The zero-order chi connectivity index (χ0) is 14.1. The van der Waals surface area contributed by atoms with Crippen molar-refractivity contribution in [3.05, 3.63) is 29.8 Å². The summed E-state index contributed by atoms with van der Waals surface area (Å²) < 4.78 is 10.9. The summed E-state index contributed by atoms with van der Waals surface area (Å²) in [6.45, 7) is 3.75. The van der Waals surface area contributed by atoms with Crippen LogP contribution in [0.5, 0.6) is 5.75 Å². The van der Waals surface area contributed by atoms with Gasteiger partial charge in [-0.2, -0.15) is 0 Å². The first-order valence-corrected chi connectivity index (χ1v) is 6.43. The quantitative estimate of drug-likeness (QED) is 0.668. The van der Waals surface area contributed by atoms with Crippen LogP contribution in [0.4, 0.5) is 0 Å². The molecular weight excluding hydrogens is 246 g/mol. The smallest absolute Gasteiger partial charge is 0.335 e. The molecule has 0 heterocycles. The van der Waals surface area contributed by atoms with Crippen LogP contribution in [0.2, 0.25) is 0 Å². The Morgan fingerprint density at radius 1 is 1.32 bits per heavy atom.